The van der Waals surface area contributed by atoms with Gasteiger partial charge in [-0.15, -0.1) is 0 Å². The molecule has 9 heterocycles. The average molecular weight is 1890 g/mol. The van der Waals surface area contributed by atoms with Crippen LogP contribution in [0.4, 0.5) is 0 Å². The first-order chi connectivity index (χ1) is 72.1. The van der Waals surface area contributed by atoms with E-state index < -0.39 is 0 Å². The number of aromatic nitrogens is 10. The van der Waals surface area contributed by atoms with Gasteiger partial charge in [0.1, 0.15) is 39.3 Å². The monoisotopic (exact) mass is 1890 g/mol. The maximum absolute atomic E-state index is 6.47. The topological polar surface area (TPSA) is 160 Å². The van der Waals surface area contributed by atoms with Gasteiger partial charge in [0, 0.05) is 174 Å². The summed E-state index contributed by atoms with van der Waals surface area (Å²) in [5.41, 5.74) is 42.0. The molecule has 29 rings (SSSR count). The van der Waals surface area contributed by atoms with Gasteiger partial charge in [0.25, 0.3) is 0 Å². The summed E-state index contributed by atoms with van der Waals surface area (Å²) < 4.78 is 21.6. The summed E-state index contributed by atoms with van der Waals surface area (Å²) >= 11 is 0. The van der Waals surface area contributed by atoms with Gasteiger partial charge >= 0.3 is 0 Å². The van der Waals surface area contributed by atoms with Crippen LogP contribution in [0.5, 0.6) is 0 Å². The van der Waals surface area contributed by atoms with Crippen LogP contribution in [0.1, 0.15) is 74.9 Å². The molecule has 0 saturated heterocycles. The molecule has 0 N–H and O–H groups in total. The molecule has 3 aliphatic rings. The Labute approximate surface area is 848 Å². The van der Waals surface area contributed by atoms with Crippen LogP contribution in [0.2, 0.25) is 0 Å². The molecule has 26 aromatic rings. The zero-order valence-electron chi connectivity index (χ0n) is 81.4. The summed E-state index contributed by atoms with van der Waals surface area (Å²) in [4.78, 5) is 45.7. The van der Waals surface area contributed by atoms with Gasteiger partial charge in [0.05, 0.1) is 45.2 Å². The van der Waals surface area contributed by atoms with Crippen LogP contribution in [0.15, 0.2) is 463 Å². The van der Waals surface area contributed by atoms with Crippen LogP contribution < -0.4 is 0 Å². The molecule has 0 saturated carbocycles. The van der Waals surface area contributed by atoms with Crippen molar-refractivity contribution in [2.24, 2.45) is 0 Å². The number of fused-ring (bicyclic) bond motifs is 19. The van der Waals surface area contributed by atoms with Gasteiger partial charge in [-0.2, -0.15) is 0 Å². The third-order valence-corrected chi connectivity index (χ3v) is 29.9. The van der Waals surface area contributed by atoms with Crippen LogP contribution in [0.25, 0.3) is 251 Å². The highest BCUT2D eigenvalue weighted by atomic mass is 16.3. The third-order valence-electron chi connectivity index (χ3n) is 29.9. The third kappa shape index (κ3) is 14.7. The Bertz CT molecular complexity index is 9450. The second-order valence-corrected chi connectivity index (χ2v) is 39.8. The molecule has 0 unspecified atom stereocenters. The first-order valence-electron chi connectivity index (χ1n) is 49.9. The predicted molar refractivity (Wildman–Crippen MR) is 596 cm³/mol. The summed E-state index contributed by atoms with van der Waals surface area (Å²) in [6.07, 6.45) is 7.33. The molecule has 0 radical (unpaired) electrons. The first-order valence-corrected chi connectivity index (χ1v) is 49.9. The Balaban J connectivity index is 0.000000110. The smallest absolute Gasteiger partial charge is 0.160 e. The Morgan fingerprint density at radius 2 is 0.537 bits per heavy atom. The Morgan fingerprint density at radius 3 is 0.973 bits per heavy atom. The van der Waals surface area contributed by atoms with E-state index in [0.717, 1.165) is 239 Å². The van der Waals surface area contributed by atoms with Gasteiger partial charge in [-0.05, 0) is 141 Å². The number of pyridine rings is 2. The molecular formula is C134H92N10O3. The van der Waals surface area contributed by atoms with E-state index in [2.05, 4.69) is 414 Å². The maximum atomic E-state index is 6.47. The minimum Gasteiger partial charge on any atom is -0.455 e. The lowest BCUT2D eigenvalue weighted by molar-refractivity contribution is 0.657. The van der Waals surface area contributed by atoms with Crippen LogP contribution in [-0.2, 0) is 16.2 Å². The van der Waals surface area contributed by atoms with Gasteiger partial charge in [-0.1, -0.05) is 375 Å². The lowest BCUT2D eigenvalue weighted by Gasteiger charge is -2.24. The zero-order valence-corrected chi connectivity index (χ0v) is 81.4. The predicted octanol–water partition coefficient (Wildman–Crippen LogP) is 34.2. The van der Waals surface area contributed by atoms with Crippen molar-refractivity contribution >= 4 is 76.8 Å². The molecule has 0 bridgehead atoms. The number of furan rings is 3. The van der Waals surface area contributed by atoms with E-state index in [1.54, 1.807) is 6.20 Å². The minimum absolute atomic E-state index is 0.270. The SMILES string of the molecule is CC1(C)c2ccccc2-c2nc(-c3ccc(-c4nc5ccccc5n4-c4ccccc4)cc3)nc(-c3cccc(-c4cccc5c4oc4ccccc45)c3)c21.CC1(C)c2ccccc2-c2nc(-c3cccc(-c4cccnc4)c3)nc(-c3cccc(-c4cccc5c4oc4ccccc45)c3)c21.CC1(C)c2ccccc2-c2nc(-c3cccc(-c4ccncc4)c3)nc(-c3cccc(-c4cccc5c4oc4ccccc45)c3)c21. The molecule has 3 aliphatic carbocycles. The van der Waals surface area contributed by atoms with Crippen molar-refractivity contribution in [1.29, 1.82) is 0 Å². The first kappa shape index (κ1) is 87.2. The maximum Gasteiger partial charge on any atom is 0.160 e. The van der Waals surface area contributed by atoms with E-state index in [0.29, 0.717) is 17.5 Å². The van der Waals surface area contributed by atoms with E-state index in [9.17, 15) is 0 Å². The highest BCUT2D eigenvalue weighted by Gasteiger charge is 2.44. The van der Waals surface area contributed by atoms with Gasteiger partial charge in [0.2, 0.25) is 0 Å². The van der Waals surface area contributed by atoms with Gasteiger partial charge in [0.15, 0.2) is 17.5 Å². The Hall–Kier alpha value is -18.9. The van der Waals surface area contributed by atoms with E-state index in [1.165, 1.54) is 27.8 Å². The fourth-order valence-electron chi connectivity index (χ4n) is 22.9. The number of para-hydroxylation sites is 9. The molecule has 0 aliphatic heterocycles. The van der Waals surface area contributed by atoms with E-state index in [4.69, 9.17) is 48.1 Å². The van der Waals surface area contributed by atoms with Crippen molar-refractivity contribution in [3.63, 3.8) is 0 Å². The standard InChI is InChI=1S/C50H34N4O.2C42H29N3O/c1-50(2)40-22-8-6-19-39(40)46-44(50)45(34-15-12-14-33(30-34)36-20-13-21-38-37-18-7-11-25-43(37)55-47(36)38)52-48(53-46)31-26-28-32(29-27-31)49-51-41-23-9-10-24-42(41)54(49)35-16-4-3-5-17-35;1-42(2)35-20-5-3-17-34(35)39-37(42)38(44-41(45-39)29-14-7-11-26(23-29)30-15-10-22-43-25-30)28-13-8-12-27(24-28)31-18-9-19-33-32-16-4-6-21-36(32)46-40(31)33;1-42(2)35-18-5-3-15-34(35)39-37(42)38(44-41(45-39)30-13-7-10-27(24-30)26-20-22-43-23-21-26)29-12-8-11-28(25-29)31-16-9-17-33-32-14-4-6-19-36(32)46-40(31)33/h3-30H,1-2H3;2*3-25H,1-2H3. The second-order valence-electron chi connectivity index (χ2n) is 39.8. The molecule has 17 aromatic carbocycles. The van der Waals surface area contributed by atoms with E-state index in [-0.39, 0.29) is 16.2 Å². The molecule has 13 nitrogen and oxygen atoms in total. The molecular weight excluding hydrogens is 1800 g/mol. The molecule has 9 aromatic heterocycles. The summed E-state index contributed by atoms with van der Waals surface area (Å²) in [5, 5.41) is 6.73. The highest BCUT2D eigenvalue weighted by molar-refractivity contribution is 6.13. The van der Waals surface area contributed by atoms with Crippen molar-refractivity contribution < 1.29 is 13.3 Å². The quantitative estimate of drug-likeness (QED) is 0.108. The van der Waals surface area contributed by atoms with Crippen molar-refractivity contribution in [3.05, 3.63) is 483 Å². The number of imidazole rings is 1. The van der Waals surface area contributed by atoms with Crippen molar-refractivity contribution in [3.8, 4) is 174 Å². The molecule has 0 amide bonds. The number of hydrogen-bond donors (Lipinski definition) is 0. The summed E-state index contributed by atoms with van der Waals surface area (Å²) in [6.45, 7) is 13.7. The summed E-state index contributed by atoms with van der Waals surface area (Å²) in [6, 6.07) is 148. The number of nitrogens with zero attached hydrogens (tertiary/aromatic N) is 10. The molecule has 147 heavy (non-hydrogen) atoms. The van der Waals surface area contributed by atoms with Crippen LogP contribution in [0, 0.1) is 0 Å². The van der Waals surface area contributed by atoms with Crippen molar-refractivity contribution in [2.75, 3.05) is 0 Å². The second kappa shape index (κ2) is 34.8. The minimum atomic E-state index is -0.297. The van der Waals surface area contributed by atoms with Crippen LogP contribution in [-0.4, -0.2) is 49.4 Å². The fourth-order valence-corrected chi connectivity index (χ4v) is 22.9. The lowest BCUT2D eigenvalue weighted by Crippen LogP contribution is -2.17. The van der Waals surface area contributed by atoms with E-state index >= 15 is 0 Å². The Kier molecular flexibility index (Phi) is 20.6. The number of rotatable bonds is 13. The van der Waals surface area contributed by atoms with Crippen LogP contribution in [0.3, 0.4) is 0 Å². The Morgan fingerprint density at radius 1 is 0.211 bits per heavy atom. The normalized spacial score (nSPS) is 13.1. The van der Waals surface area contributed by atoms with Crippen LogP contribution >= 0.6 is 0 Å². The molecule has 0 fully saturated rings. The van der Waals surface area contributed by atoms with Crippen molar-refractivity contribution in [1.82, 2.24) is 49.4 Å². The number of hydrogen-bond acceptors (Lipinski definition) is 12. The lowest BCUT2D eigenvalue weighted by atomic mass is 9.80. The number of benzene rings is 17. The van der Waals surface area contributed by atoms with Gasteiger partial charge in [-0.3, -0.25) is 14.5 Å². The molecule has 0 spiro atoms. The fraction of sp³-hybridized carbons (Fsp3) is 0.0672. The summed E-state index contributed by atoms with van der Waals surface area (Å²) in [7, 11) is 0. The van der Waals surface area contributed by atoms with Gasteiger partial charge < -0.3 is 13.3 Å². The molecule has 0 atom stereocenters. The highest BCUT2D eigenvalue weighted by Crippen LogP contribution is 2.57. The average Bonchev–Trinajstić information content (AvgIpc) is 1.56. The van der Waals surface area contributed by atoms with Gasteiger partial charge in [-0.25, -0.2) is 34.9 Å². The molecule has 13 heteroatoms. The summed E-state index contributed by atoms with van der Waals surface area (Å²) in [5.74, 6) is 2.99. The molecule has 696 valence electrons. The largest absolute Gasteiger partial charge is 0.455 e. The van der Waals surface area contributed by atoms with E-state index in [1.807, 2.05) is 85.3 Å². The zero-order chi connectivity index (χ0) is 98.3. The van der Waals surface area contributed by atoms with Crippen molar-refractivity contribution in [2.45, 2.75) is 57.8 Å².